The van der Waals surface area contributed by atoms with Gasteiger partial charge in [-0.3, -0.25) is 0 Å². The van der Waals surface area contributed by atoms with E-state index in [0.29, 0.717) is 21.0 Å². The van der Waals surface area contributed by atoms with Crippen molar-refractivity contribution in [1.82, 2.24) is 5.32 Å². The smallest absolute Gasteiger partial charge is 0.124 e. The molecule has 1 fully saturated rings. The lowest BCUT2D eigenvalue weighted by Crippen LogP contribution is -2.43. The van der Waals surface area contributed by atoms with Crippen molar-refractivity contribution < 1.29 is 4.74 Å². The Morgan fingerprint density at radius 1 is 1.05 bits per heavy atom. The van der Waals surface area contributed by atoms with Crippen LogP contribution in [0.1, 0.15) is 18.1 Å². The number of hydrogen-bond donors (Lipinski definition) is 1. The number of ether oxygens (including phenoxy) is 1. The summed E-state index contributed by atoms with van der Waals surface area (Å²) in [6.45, 7) is 2.05. The molecule has 2 aromatic rings. The summed E-state index contributed by atoms with van der Waals surface area (Å²) in [5, 5.41) is 5.05. The molecular weight excluding hydrogens is 341 g/mol. The van der Waals surface area contributed by atoms with E-state index in [-0.39, 0.29) is 6.10 Å². The van der Waals surface area contributed by atoms with Gasteiger partial charge in [0.2, 0.25) is 0 Å². The first-order valence-electron chi connectivity index (χ1n) is 7.19. The molecule has 0 aromatic heterocycles. The molecule has 0 radical (unpaired) electrons. The summed E-state index contributed by atoms with van der Waals surface area (Å²) in [4.78, 5) is 0. The van der Waals surface area contributed by atoms with Crippen molar-refractivity contribution in [3.05, 3.63) is 63.1 Å². The first-order chi connectivity index (χ1) is 10.6. The lowest BCUT2D eigenvalue weighted by molar-refractivity contribution is 0.149. The highest BCUT2D eigenvalue weighted by molar-refractivity contribution is 6.42. The predicted octanol–water partition coefficient (Wildman–Crippen LogP) is 5.38. The molecule has 1 atom stereocenters. The Bertz CT molecular complexity index is 658. The minimum absolute atomic E-state index is 0.0691. The fourth-order valence-corrected chi connectivity index (χ4v) is 2.97. The predicted molar refractivity (Wildman–Crippen MR) is 92.3 cm³/mol. The fourth-order valence-electron chi connectivity index (χ4n) is 2.49. The third-order valence-electron chi connectivity index (χ3n) is 3.80. The zero-order chi connectivity index (χ0) is 15.5. The zero-order valence-electron chi connectivity index (χ0n) is 11.9. The van der Waals surface area contributed by atoms with Crippen molar-refractivity contribution in [3.8, 4) is 5.75 Å². The number of halogens is 3. The Morgan fingerprint density at radius 3 is 2.50 bits per heavy atom. The molecule has 1 aliphatic heterocycles. The van der Waals surface area contributed by atoms with Crippen molar-refractivity contribution in [2.75, 3.05) is 13.1 Å². The summed E-state index contributed by atoms with van der Waals surface area (Å²) in [5.74, 6) is 1.37. The topological polar surface area (TPSA) is 21.3 Å². The van der Waals surface area contributed by atoms with Gasteiger partial charge in [-0.05, 0) is 61.3 Å². The van der Waals surface area contributed by atoms with Crippen molar-refractivity contribution >= 4 is 34.8 Å². The van der Waals surface area contributed by atoms with Crippen LogP contribution in [0.15, 0.2) is 42.5 Å². The van der Waals surface area contributed by atoms with E-state index in [4.69, 9.17) is 39.5 Å². The molecule has 2 aromatic carbocycles. The molecule has 0 bridgehead atoms. The second kappa shape index (κ2) is 7.10. The Morgan fingerprint density at radius 2 is 1.86 bits per heavy atom. The molecule has 2 nitrogen and oxygen atoms in total. The third-order valence-corrected chi connectivity index (χ3v) is 4.78. The van der Waals surface area contributed by atoms with Crippen molar-refractivity contribution in [1.29, 1.82) is 0 Å². The summed E-state index contributed by atoms with van der Waals surface area (Å²) in [6, 6.07) is 13.1. The minimum Gasteiger partial charge on any atom is -0.486 e. The maximum absolute atomic E-state index is 6.17. The average Bonchev–Trinajstić information content (AvgIpc) is 2.44. The van der Waals surface area contributed by atoms with E-state index in [0.717, 1.165) is 30.8 Å². The van der Waals surface area contributed by atoms with Crippen molar-refractivity contribution in [3.63, 3.8) is 0 Å². The second-order valence-electron chi connectivity index (χ2n) is 5.50. The van der Waals surface area contributed by atoms with Gasteiger partial charge in [-0.25, -0.2) is 0 Å². The van der Waals surface area contributed by atoms with Gasteiger partial charge in [-0.1, -0.05) is 46.9 Å². The molecule has 3 rings (SSSR count). The van der Waals surface area contributed by atoms with Gasteiger partial charge in [0.1, 0.15) is 11.9 Å². The van der Waals surface area contributed by atoms with Gasteiger partial charge in [0.25, 0.3) is 0 Å². The Kier molecular flexibility index (Phi) is 5.14. The summed E-state index contributed by atoms with van der Waals surface area (Å²) in [7, 11) is 0. The lowest BCUT2D eigenvalue weighted by Gasteiger charge is -2.31. The van der Waals surface area contributed by atoms with Crippen LogP contribution in [0, 0.1) is 5.92 Å². The third kappa shape index (κ3) is 3.88. The van der Waals surface area contributed by atoms with Crippen LogP contribution in [-0.4, -0.2) is 13.1 Å². The average molecular weight is 357 g/mol. The van der Waals surface area contributed by atoms with Gasteiger partial charge >= 0.3 is 0 Å². The first kappa shape index (κ1) is 15.9. The molecule has 1 N–H and O–H groups in total. The molecule has 22 heavy (non-hydrogen) atoms. The molecule has 0 amide bonds. The van der Waals surface area contributed by atoms with E-state index < -0.39 is 0 Å². The molecule has 1 saturated heterocycles. The number of nitrogens with one attached hydrogen (secondary N) is 1. The van der Waals surface area contributed by atoms with Crippen LogP contribution < -0.4 is 10.1 Å². The maximum atomic E-state index is 6.17. The monoisotopic (exact) mass is 355 g/mol. The summed E-state index contributed by atoms with van der Waals surface area (Å²) in [5.41, 5.74) is 1.03. The summed E-state index contributed by atoms with van der Waals surface area (Å²) >= 11 is 18.2. The number of rotatable bonds is 5. The fraction of sp³-hybridized carbons (Fsp3) is 0.294. The SMILES string of the molecule is Clc1cccc(OC(CC2CNC2)c2ccc(Cl)c(Cl)c2)c1. The van der Waals surface area contributed by atoms with Crippen molar-refractivity contribution in [2.24, 2.45) is 5.92 Å². The van der Waals surface area contributed by atoms with Gasteiger partial charge in [0.05, 0.1) is 10.0 Å². The molecular formula is C17H16Cl3NO. The van der Waals surface area contributed by atoms with E-state index in [1.54, 1.807) is 0 Å². The lowest BCUT2D eigenvalue weighted by atomic mass is 9.92. The van der Waals surface area contributed by atoms with Crippen LogP contribution in [0.4, 0.5) is 0 Å². The van der Waals surface area contributed by atoms with Crippen LogP contribution >= 0.6 is 34.8 Å². The van der Waals surface area contributed by atoms with Crippen LogP contribution in [0.5, 0.6) is 5.75 Å². The standard InChI is InChI=1S/C17H16Cl3NO/c18-13-2-1-3-14(8-13)22-17(6-11-9-21-10-11)12-4-5-15(19)16(20)7-12/h1-5,7-8,11,17,21H,6,9-10H2. The first-order valence-corrected chi connectivity index (χ1v) is 8.33. The Labute approximate surface area is 145 Å². The van der Waals surface area contributed by atoms with E-state index in [1.165, 1.54) is 0 Å². The van der Waals surface area contributed by atoms with Gasteiger partial charge in [-0.15, -0.1) is 0 Å². The molecule has 1 unspecified atom stereocenters. The van der Waals surface area contributed by atoms with Gasteiger partial charge in [-0.2, -0.15) is 0 Å². The second-order valence-corrected chi connectivity index (χ2v) is 6.75. The quantitative estimate of drug-likeness (QED) is 0.777. The Balaban J connectivity index is 1.83. The van der Waals surface area contributed by atoms with Crippen LogP contribution in [0.25, 0.3) is 0 Å². The van der Waals surface area contributed by atoms with Gasteiger partial charge in [0.15, 0.2) is 0 Å². The van der Waals surface area contributed by atoms with Crippen LogP contribution in [0.2, 0.25) is 15.1 Å². The summed E-state index contributed by atoms with van der Waals surface area (Å²) < 4.78 is 6.17. The molecule has 116 valence electrons. The molecule has 0 aliphatic carbocycles. The van der Waals surface area contributed by atoms with E-state index >= 15 is 0 Å². The maximum Gasteiger partial charge on any atom is 0.124 e. The highest BCUT2D eigenvalue weighted by Gasteiger charge is 2.24. The normalized spacial score (nSPS) is 16.1. The molecule has 1 heterocycles. The largest absolute Gasteiger partial charge is 0.486 e. The molecule has 0 saturated carbocycles. The highest BCUT2D eigenvalue weighted by Crippen LogP contribution is 2.33. The Hall–Kier alpha value is -0.930. The van der Waals surface area contributed by atoms with Crippen LogP contribution in [0.3, 0.4) is 0 Å². The molecule has 5 heteroatoms. The van der Waals surface area contributed by atoms with E-state index in [1.807, 2.05) is 42.5 Å². The minimum atomic E-state index is -0.0691. The summed E-state index contributed by atoms with van der Waals surface area (Å²) in [6.07, 6.45) is 0.859. The van der Waals surface area contributed by atoms with E-state index in [2.05, 4.69) is 5.32 Å². The number of hydrogen-bond acceptors (Lipinski definition) is 2. The molecule has 0 spiro atoms. The zero-order valence-corrected chi connectivity index (χ0v) is 14.1. The van der Waals surface area contributed by atoms with E-state index in [9.17, 15) is 0 Å². The number of benzene rings is 2. The highest BCUT2D eigenvalue weighted by atomic mass is 35.5. The van der Waals surface area contributed by atoms with Gasteiger partial charge < -0.3 is 10.1 Å². The van der Waals surface area contributed by atoms with Crippen molar-refractivity contribution in [2.45, 2.75) is 12.5 Å². The van der Waals surface area contributed by atoms with Gasteiger partial charge in [0, 0.05) is 5.02 Å². The molecule has 1 aliphatic rings. The van der Waals surface area contributed by atoms with Crippen LogP contribution in [-0.2, 0) is 0 Å².